The van der Waals surface area contributed by atoms with Crippen molar-refractivity contribution in [2.75, 3.05) is 40.5 Å². The van der Waals surface area contributed by atoms with Gasteiger partial charge in [0.15, 0.2) is 23.9 Å². The van der Waals surface area contributed by atoms with E-state index in [2.05, 4.69) is 0 Å². The third-order valence-corrected chi connectivity index (χ3v) is 6.11. The number of rotatable bonds is 7. The van der Waals surface area contributed by atoms with Crippen LogP contribution >= 0.6 is 0 Å². The van der Waals surface area contributed by atoms with E-state index in [-0.39, 0.29) is 24.7 Å². The SMILES string of the molecule is CCOc1ccccc1OCC(=O)N1CCC2(CC1)CC(=O)c1c(OC)cc(OC)cc1O2. The van der Waals surface area contributed by atoms with Gasteiger partial charge < -0.3 is 28.6 Å². The van der Waals surface area contributed by atoms with Crippen molar-refractivity contribution in [3.8, 4) is 28.7 Å². The van der Waals surface area contributed by atoms with Crippen LogP contribution in [0.3, 0.4) is 0 Å². The van der Waals surface area contributed by atoms with Crippen molar-refractivity contribution < 1.29 is 33.3 Å². The van der Waals surface area contributed by atoms with E-state index < -0.39 is 5.60 Å². The molecule has 0 bridgehead atoms. The Bertz CT molecular complexity index is 1030. The van der Waals surface area contributed by atoms with Gasteiger partial charge >= 0.3 is 0 Å². The molecule has 1 amide bonds. The highest BCUT2D eigenvalue weighted by Crippen LogP contribution is 2.44. The maximum absolute atomic E-state index is 13.0. The number of carbonyl (C=O) groups excluding carboxylic acids is 2. The molecular formula is C25H29NO7. The normalized spacial score (nSPS) is 16.6. The average Bonchev–Trinajstić information content (AvgIpc) is 2.83. The molecule has 176 valence electrons. The Morgan fingerprint density at radius 3 is 2.36 bits per heavy atom. The monoisotopic (exact) mass is 455 g/mol. The van der Waals surface area contributed by atoms with Gasteiger partial charge in [0, 0.05) is 38.1 Å². The van der Waals surface area contributed by atoms with Crippen molar-refractivity contribution >= 4 is 11.7 Å². The van der Waals surface area contributed by atoms with Crippen LogP contribution in [0.25, 0.3) is 0 Å². The summed E-state index contributed by atoms with van der Waals surface area (Å²) in [4.78, 5) is 27.5. The van der Waals surface area contributed by atoms with Gasteiger partial charge in [0.05, 0.1) is 27.2 Å². The summed E-state index contributed by atoms with van der Waals surface area (Å²) in [6, 6.07) is 10.7. The highest BCUT2D eigenvalue weighted by atomic mass is 16.5. The van der Waals surface area contributed by atoms with E-state index in [0.717, 1.165) is 0 Å². The summed E-state index contributed by atoms with van der Waals surface area (Å²) < 4.78 is 28.3. The molecule has 0 saturated carbocycles. The van der Waals surface area contributed by atoms with E-state index in [1.54, 1.807) is 30.2 Å². The second kappa shape index (κ2) is 9.60. The van der Waals surface area contributed by atoms with Crippen LogP contribution in [0.2, 0.25) is 0 Å². The minimum absolute atomic E-state index is 0.0219. The molecule has 2 heterocycles. The van der Waals surface area contributed by atoms with Gasteiger partial charge in [0.1, 0.15) is 28.4 Å². The molecule has 2 aliphatic heterocycles. The van der Waals surface area contributed by atoms with E-state index in [9.17, 15) is 9.59 Å². The van der Waals surface area contributed by atoms with Crippen molar-refractivity contribution in [3.63, 3.8) is 0 Å². The highest BCUT2D eigenvalue weighted by molar-refractivity contribution is 6.03. The van der Waals surface area contributed by atoms with Crippen LogP contribution in [0.5, 0.6) is 28.7 Å². The number of amides is 1. The van der Waals surface area contributed by atoms with Gasteiger partial charge in [-0.2, -0.15) is 0 Å². The number of ketones is 1. The van der Waals surface area contributed by atoms with Crippen molar-refractivity contribution in [2.45, 2.75) is 31.8 Å². The van der Waals surface area contributed by atoms with E-state index in [1.807, 2.05) is 25.1 Å². The molecule has 0 radical (unpaired) electrons. The molecule has 8 nitrogen and oxygen atoms in total. The second-order valence-electron chi connectivity index (χ2n) is 8.14. The largest absolute Gasteiger partial charge is 0.496 e. The Labute approximate surface area is 193 Å². The number of para-hydroxylation sites is 2. The number of benzene rings is 2. The second-order valence-corrected chi connectivity index (χ2v) is 8.14. The first-order valence-corrected chi connectivity index (χ1v) is 11.1. The van der Waals surface area contributed by atoms with Gasteiger partial charge in [0.2, 0.25) is 0 Å². The third kappa shape index (κ3) is 4.69. The van der Waals surface area contributed by atoms with Gasteiger partial charge in [-0.1, -0.05) is 12.1 Å². The van der Waals surface area contributed by atoms with Crippen molar-refractivity contribution in [1.29, 1.82) is 0 Å². The fourth-order valence-corrected chi connectivity index (χ4v) is 4.37. The lowest BCUT2D eigenvalue weighted by atomic mass is 9.82. The predicted molar refractivity (Wildman–Crippen MR) is 121 cm³/mol. The highest BCUT2D eigenvalue weighted by Gasteiger charge is 2.45. The Morgan fingerprint density at radius 2 is 1.73 bits per heavy atom. The molecule has 1 fully saturated rings. The molecule has 33 heavy (non-hydrogen) atoms. The van der Waals surface area contributed by atoms with Crippen LogP contribution in [0.4, 0.5) is 0 Å². The molecular weight excluding hydrogens is 426 g/mol. The van der Waals surface area contributed by atoms with E-state index in [4.69, 9.17) is 23.7 Å². The molecule has 1 saturated heterocycles. The van der Waals surface area contributed by atoms with Crippen LogP contribution in [-0.2, 0) is 4.79 Å². The Hall–Kier alpha value is -3.42. The zero-order valence-electron chi connectivity index (χ0n) is 19.2. The number of ether oxygens (including phenoxy) is 5. The molecule has 4 rings (SSSR count). The number of piperidine rings is 1. The van der Waals surface area contributed by atoms with Gasteiger partial charge in [-0.05, 0) is 19.1 Å². The number of hydrogen-bond acceptors (Lipinski definition) is 7. The third-order valence-electron chi connectivity index (χ3n) is 6.11. The number of hydrogen-bond donors (Lipinski definition) is 0. The minimum atomic E-state index is -0.638. The first-order valence-electron chi connectivity index (χ1n) is 11.1. The lowest BCUT2D eigenvalue weighted by Gasteiger charge is -2.44. The van der Waals surface area contributed by atoms with Crippen LogP contribution < -0.4 is 23.7 Å². The molecule has 2 aliphatic rings. The van der Waals surface area contributed by atoms with Gasteiger partial charge in [-0.15, -0.1) is 0 Å². The van der Waals surface area contributed by atoms with E-state index in [0.29, 0.717) is 66.8 Å². The molecule has 0 atom stereocenters. The summed E-state index contributed by atoms with van der Waals surface area (Å²) in [5, 5.41) is 0. The lowest BCUT2D eigenvalue weighted by Crippen LogP contribution is -2.53. The number of Topliss-reactive ketones (excluding diaryl/α,β-unsaturated/α-hetero) is 1. The van der Waals surface area contributed by atoms with Crippen molar-refractivity contribution in [2.24, 2.45) is 0 Å². The molecule has 0 unspecified atom stereocenters. The summed E-state index contributed by atoms with van der Waals surface area (Å²) in [6.45, 7) is 3.31. The molecule has 0 N–H and O–H groups in total. The standard InChI is InChI=1S/C25H29NO7/c1-4-31-19-7-5-6-8-20(19)32-16-23(28)26-11-9-25(10-12-26)15-18(27)24-21(30-3)13-17(29-2)14-22(24)33-25/h5-8,13-14H,4,9-12,15-16H2,1-3H3. The van der Waals surface area contributed by atoms with E-state index in [1.165, 1.54) is 7.11 Å². The molecule has 1 spiro atoms. The maximum atomic E-state index is 13.0. The fraction of sp³-hybridized carbons (Fsp3) is 0.440. The van der Waals surface area contributed by atoms with Gasteiger partial charge in [-0.25, -0.2) is 0 Å². The number of fused-ring (bicyclic) bond motifs is 1. The molecule has 0 aliphatic carbocycles. The first kappa shape index (κ1) is 22.8. The Kier molecular flexibility index (Phi) is 6.62. The Balaban J connectivity index is 1.40. The predicted octanol–water partition coefficient (Wildman–Crippen LogP) is 3.51. The lowest BCUT2D eigenvalue weighted by molar-refractivity contribution is -0.136. The van der Waals surface area contributed by atoms with Gasteiger partial charge in [0.25, 0.3) is 5.91 Å². The molecule has 0 aromatic heterocycles. The molecule has 2 aromatic carbocycles. The summed E-state index contributed by atoms with van der Waals surface area (Å²) >= 11 is 0. The first-order chi connectivity index (χ1) is 16.0. The summed E-state index contributed by atoms with van der Waals surface area (Å²) in [7, 11) is 3.08. The van der Waals surface area contributed by atoms with Gasteiger partial charge in [-0.3, -0.25) is 9.59 Å². The summed E-state index contributed by atoms with van der Waals surface area (Å²) in [6.07, 6.45) is 1.36. The smallest absolute Gasteiger partial charge is 0.260 e. The van der Waals surface area contributed by atoms with Crippen molar-refractivity contribution in [1.82, 2.24) is 4.90 Å². The topological polar surface area (TPSA) is 83.5 Å². The van der Waals surface area contributed by atoms with Crippen molar-refractivity contribution in [3.05, 3.63) is 42.0 Å². The summed E-state index contributed by atoms with van der Waals surface area (Å²) in [5.41, 5.74) is -0.190. The fourth-order valence-electron chi connectivity index (χ4n) is 4.37. The molecule has 2 aromatic rings. The number of nitrogens with zero attached hydrogens (tertiary/aromatic N) is 1. The summed E-state index contributed by atoms with van der Waals surface area (Å²) in [5.74, 6) is 2.51. The van der Waals surface area contributed by atoms with Crippen LogP contribution in [-0.4, -0.2) is 62.7 Å². The number of likely N-dealkylation sites (tertiary alicyclic amines) is 1. The number of carbonyl (C=O) groups is 2. The van der Waals surface area contributed by atoms with Crippen LogP contribution in [0.15, 0.2) is 36.4 Å². The zero-order chi connectivity index (χ0) is 23.4. The van der Waals surface area contributed by atoms with E-state index >= 15 is 0 Å². The van der Waals surface area contributed by atoms with Crippen LogP contribution in [0.1, 0.15) is 36.5 Å². The number of methoxy groups -OCH3 is 2. The zero-order valence-corrected chi connectivity index (χ0v) is 19.2. The van der Waals surface area contributed by atoms with Crippen LogP contribution in [0, 0.1) is 0 Å². The minimum Gasteiger partial charge on any atom is -0.496 e. The maximum Gasteiger partial charge on any atom is 0.260 e. The average molecular weight is 456 g/mol. The Morgan fingerprint density at radius 1 is 1.03 bits per heavy atom. The molecule has 8 heteroatoms. The quantitative estimate of drug-likeness (QED) is 0.632.